The van der Waals surface area contributed by atoms with E-state index in [9.17, 15) is 14.9 Å². The second-order valence-electron chi connectivity index (χ2n) is 7.15. The molecule has 0 aliphatic carbocycles. The minimum atomic E-state index is -0.557. The third kappa shape index (κ3) is 5.47. The molecule has 2 heterocycles. The summed E-state index contributed by atoms with van der Waals surface area (Å²) in [4.78, 5) is 27.9. The van der Waals surface area contributed by atoms with Crippen LogP contribution in [0.15, 0.2) is 12.1 Å². The van der Waals surface area contributed by atoms with E-state index in [4.69, 9.17) is 10.5 Å². The van der Waals surface area contributed by atoms with Crippen LogP contribution in [0.2, 0.25) is 0 Å². The Hall–Kier alpha value is -2.58. The zero-order valence-electron chi connectivity index (χ0n) is 14.8. The molecule has 0 bridgehead atoms. The average Bonchev–Trinajstić information content (AvgIpc) is 2.51. The predicted molar refractivity (Wildman–Crippen MR) is 94.3 cm³/mol. The molecular formula is C16H25N5O4. The number of amides is 1. The molecule has 1 amide bonds. The second-order valence-corrected chi connectivity index (χ2v) is 7.15. The maximum atomic E-state index is 12.0. The normalized spacial score (nSPS) is 15.7. The number of hydrogen-bond acceptors (Lipinski definition) is 7. The zero-order valence-corrected chi connectivity index (χ0v) is 14.8. The van der Waals surface area contributed by atoms with E-state index < -0.39 is 10.5 Å². The monoisotopic (exact) mass is 351 g/mol. The third-order valence-corrected chi connectivity index (χ3v) is 3.94. The minimum Gasteiger partial charge on any atom is -0.444 e. The minimum absolute atomic E-state index is 0.102. The Kier molecular flexibility index (Phi) is 5.66. The smallest absolute Gasteiger partial charge is 0.410 e. The van der Waals surface area contributed by atoms with Crippen LogP contribution in [0.1, 0.15) is 33.6 Å². The molecule has 0 aromatic carbocycles. The Bertz CT molecular complexity index is 636. The molecule has 2 rings (SSSR count). The topological polar surface area (TPSA) is 124 Å². The number of hydrogen-bond donors (Lipinski definition) is 2. The molecule has 25 heavy (non-hydrogen) atoms. The first-order valence-corrected chi connectivity index (χ1v) is 8.28. The molecule has 1 aromatic rings. The number of nitro groups is 1. The second kappa shape index (κ2) is 7.54. The standard InChI is InChI=1S/C16H25N5O4/c1-16(2,3)25-15(22)20-8-6-11(7-9-20)10-18-13-5-4-12(21(23)24)14(17)19-13/h4-5,11H,6-10H2,1-3H3,(H3,17,18,19). The highest BCUT2D eigenvalue weighted by Gasteiger charge is 2.26. The fraction of sp³-hybridized carbons (Fsp3) is 0.625. The highest BCUT2D eigenvalue weighted by molar-refractivity contribution is 5.68. The van der Waals surface area contributed by atoms with Crippen LogP contribution in [0.3, 0.4) is 0 Å². The first-order valence-electron chi connectivity index (χ1n) is 8.28. The Morgan fingerprint density at radius 1 is 1.44 bits per heavy atom. The van der Waals surface area contributed by atoms with Gasteiger partial charge < -0.3 is 20.7 Å². The van der Waals surface area contributed by atoms with E-state index >= 15 is 0 Å². The number of nitrogens with zero attached hydrogens (tertiary/aromatic N) is 3. The number of rotatable bonds is 4. The van der Waals surface area contributed by atoms with E-state index in [0.29, 0.717) is 31.4 Å². The molecule has 1 saturated heterocycles. The van der Waals surface area contributed by atoms with Crippen molar-refractivity contribution in [2.24, 2.45) is 5.92 Å². The van der Waals surface area contributed by atoms with Gasteiger partial charge in [-0.2, -0.15) is 0 Å². The fourth-order valence-corrected chi connectivity index (χ4v) is 2.62. The fourth-order valence-electron chi connectivity index (χ4n) is 2.62. The van der Waals surface area contributed by atoms with Crippen molar-refractivity contribution in [3.8, 4) is 0 Å². The summed E-state index contributed by atoms with van der Waals surface area (Å²) < 4.78 is 5.38. The first kappa shape index (κ1) is 18.8. The summed E-state index contributed by atoms with van der Waals surface area (Å²) in [5.41, 5.74) is 4.90. The Morgan fingerprint density at radius 2 is 2.08 bits per heavy atom. The molecule has 0 radical (unpaired) electrons. The van der Waals surface area contributed by atoms with Crippen LogP contribution >= 0.6 is 0 Å². The number of carbonyl (C=O) groups excluding carboxylic acids is 1. The van der Waals surface area contributed by atoms with Crippen LogP contribution in [0, 0.1) is 16.0 Å². The number of aromatic nitrogens is 1. The van der Waals surface area contributed by atoms with Gasteiger partial charge in [-0.05, 0) is 45.6 Å². The third-order valence-electron chi connectivity index (χ3n) is 3.94. The number of pyridine rings is 1. The highest BCUT2D eigenvalue weighted by atomic mass is 16.6. The van der Waals surface area contributed by atoms with E-state index in [2.05, 4.69) is 10.3 Å². The molecule has 1 fully saturated rings. The maximum Gasteiger partial charge on any atom is 0.410 e. The molecule has 9 nitrogen and oxygen atoms in total. The van der Waals surface area contributed by atoms with E-state index in [0.717, 1.165) is 12.8 Å². The van der Waals surface area contributed by atoms with Gasteiger partial charge in [0.15, 0.2) is 0 Å². The summed E-state index contributed by atoms with van der Waals surface area (Å²) in [5, 5.41) is 13.9. The molecule has 0 spiro atoms. The van der Waals surface area contributed by atoms with E-state index in [1.54, 1.807) is 11.0 Å². The molecule has 1 aliphatic rings. The van der Waals surface area contributed by atoms with Gasteiger partial charge in [0.1, 0.15) is 11.4 Å². The van der Waals surface area contributed by atoms with Crippen molar-refractivity contribution < 1.29 is 14.5 Å². The van der Waals surface area contributed by atoms with E-state index in [-0.39, 0.29) is 17.6 Å². The van der Waals surface area contributed by atoms with Gasteiger partial charge >= 0.3 is 11.8 Å². The van der Waals surface area contributed by atoms with E-state index in [1.165, 1.54) is 6.07 Å². The van der Waals surface area contributed by atoms with Gasteiger partial charge in [-0.1, -0.05) is 0 Å². The largest absolute Gasteiger partial charge is 0.444 e. The number of carbonyl (C=O) groups is 1. The molecule has 9 heteroatoms. The predicted octanol–water partition coefficient (Wildman–Crippen LogP) is 2.63. The molecule has 0 saturated carbocycles. The van der Waals surface area contributed by atoms with E-state index in [1.807, 2.05) is 20.8 Å². The van der Waals surface area contributed by atoms with Gasteiger partial charge in [-0.25, -0.2) is 9.78 Å². The van der Waals surface area contributed by atoms with Gasteiger partial charge in [0.25, 0.3) is 0 Å². The van der Waals surface area contributed by atoms with Crippen LogP contribution in [0.25, 0.3) is 0 Å². The lowest BCUT2D eigenvalue weighted by Crippen LogP contribution is -2.42. The van der Waals surface area contributed by atoms with Crippen LogP contribution < -0.4 is 11.1 Å². The first-order chi connectivity index (χ1) is 11.7. The number of anilines is 2. The Labute approximate surface area is 146 Å². The quantitative estimate of drug-likeness (QED) is 0.631. The summed E-state index contributed by atoms with van der Waals surface area (Å²) >= 11 is 0. The Balaban J connectivity index is 1.80. The summed E-state index contributed by atoms with van der Waals surface area (Å²) in [6.07, 6.45) is 1.44. The van der Waals surface area contributed by atoms with Gasteiger partial charge in [-0.15, -0.1) is 0 Å². The average molecular weight is 351 g/mol. The number of nitrogen functional groups attached to an aromatic ring is 1. The molecule has 3 N–H and O–H groups in total. The van der Waals surface area contributed by atoms with Crippen molar-refractivity contribution in [2.45, 2.75) is 39.2 Å². The van der Waals surface area contributed by atoms with Crippen LogP contribution in [-0.2, 0) is 4.74 Å². The lowest BCUT2D eigenvalue weighted by atomic mass is 9.97. The molecular weight excluding hydrogens is 326 g/mol. The summed E-state index contributed by atoms with van der Waals surface area (Å²) in [5.74, 6) is 0.796. The molecule has 0 unspecified atom stereocenters. The number of likely N-dealkylation sites (tertiary alicyclic amines) is 1. The number of piperidine rings is 1. The van der Waals surface area contributed by atoms with Crippen LogP contribution in [0.4, 0.5) is 22.1 Å². The Morgan fingerprint density at radius 3 is 2.60 bits per heavy atom. The number of ether oxygens (including phenoxy) is 1. The number of nitrogens with one attached hydrogen (secondary N) is 1. The van der Waals surface area contributed by atoms with Gasteiger partial charge in [0, 0.05) is 25.7 Å². The SMILES string of the molecule is CC(C)(C)OC(=O)N1CCC(CNc2ccc([N+](=O)[O-])c(N)n2)CC1. The zero-order chi connectivity index (χ0) is 18.6. The van der Waals surface area contributed by atoms with Crippen LogP contribution in [0.5, 0.6) is 0 Å². The molecule has 138 valence electrons. The van der Waals surface area contributed by atoms with Crippen molar-refractivity contribution in [1.29, 1.82) is 0 Å². The van der Waals surface area contributed by atoms with Crippen LogP contribution in [-0.4, -0.2) is 46.1 Å². The summed E-state index contributed by atoms with van der Waals surface area (Å²) in [6, 6.07) is 2.89. The molecule has 0 atom stereocenters. The van der Waals surface area contributed by atoms with Gasteiger partial charge in [0.05, 0.1) is 4.92 Å². The molecule has 1 aliphatic heterocycles. The summed E-state index contributed by atoms with van der Waals surface area (Å²) in [7, 11) is 0. The van der Waals surface area contributed by atoms with Crippen molar-refractivity contribution in [3.63, 3.8) is 0 Å². The highest BCUT2D eigenvalue weighted by Crippen LogP contribution is 2.23. The summed E-state index contributed by atoms with van der Waals surface area (Å²) in [6.45, 7) is 7.53. The van der Waals surface area contributed by atoms with Gasteiger partial charge in [-0.3, -0.25) is 10.1 Å². The van der Waals surface area contributed by atoms with Gasteiger partial charge in [0.2, 0.25) is 5.82 Å². The number of nitrogens with two attached hydrogens (primary N) is 1. The lowest BCUT2D eigenvalue weighted by molar-refractivity contribution is -0.384. The van der Waals surface area contributed by atoms with Crippen molar-refractivity contribution in [2.75, 3.05) is 30.7 Å². The lowest BCUT2D eigenvalue weighted by Gasteiger charge is -2.33. The van der Waals surface area contributed by atoms with Crippen molar-refractivity contribution >= 4 is 23.4 Å². The van der Waals surface area contributed by atoms with Crippen molar-refractivity contribution in [3.05, 3.63) is 22.2 Å². The maximum absolute atomic E-state index is 12.0. The molecule has 1 aromatic heterocycles. The van der Waals surface area contributed by atoms with Crippen molar-refractivity contribution in [1.82, 2.24) is 9.88 Å².